The number of nitrogens with one attached hydrogen (secondary N) is 1. The minimum absolute atomic E-state index is 0.0626. The van der Waals surface area contributed by atoms with Crippen molar-refractivity contribution >= 4 is 0 Å². The summed E-state index contributed by atoms with van der Waals surface area (Å²) >= 11 is 0. The monoisotopic (exact) mass is 366 g/mol. The van der Waals surface area contributed by atoms with E-state index in [1.807, 2.05) is 13.0 Å². The Hall–Kier alpha value is -2.44. The van der Waals surface area contributed by atoms with Crippen molar-refractivity contribution in [2.75, 3.05) is 13.2 Å². The molecule has 6 nitrogen and oxygen atoms in total. The van der Waals surface area contributed by atoms with E-state index in [2.05, 4.69) is 62.8 Å². The third-order valence-corrected chi connectivity index (χ3v) is 5.09. The van der Waals surface area contributed by atoms with Crippen LogP contribution in [0.15, 0.2) is 53.3 Å². The fraction of sp³-hybridized carbons (Fsp3) is 0.429. The van der Waals surface area contributed by atoms with E-state index in [0.29, 0.717) is 17.6 Å². The Morgan fingerprint density at radius 3 is 2.70 bits per heavy atom. The average Bonchev–Trinajstić information content (AvgIpc) is 3.33. The normalized spacial score (nSPS) is 16.5. The Kier molecular flexibility index (Phi) is 5.65. The van der Waals surface area contributed by atoms with Crippen molar-refractivity contribution in [2.24, 2.45) is 5.92 Å². The van der Waals surface area contributed by atoms with Gasteiger partial charge in [0, 0.05) is 38.7 Å². The van der Waals surface area contributed by atoms with Crippen LogP contribution in [-0.4, -0.2) is 27.9 Å². The predicted molar refractivity (Wildman–Crippen MR) is 102 cm³/mol. The van der Waals surface area contributed by atoms with E-state index in [9.17, 15) is 0 Å². The fourth-order valence-electron chi connectivity index (χ4n) is 3.66. The van der Waals surface area contributed by atoms with Crippen molar-refractivity contribution in [3.63, 3.8) is 0 Å². The van der Waals surface area contributed by atoms with Gasteiger partial charge in [-0.1, -0.05) is 35.5 Å². The first-order valence-corrected chi connectivity index (χ1v) is 9.58. The van der Waals surface area contributed by atoms with E-state index in [1.165, 1.54) is 11.1 Å². The van der Waals surface area contributed by atoms with E-state index in [0.717, 1.165) is 39.1 Å². The molecule has 1 aliphatic rings. The average molecular weight is 366 g/mol. The predicted octanol–water partition coefficient (Wildman–Crippen LogP) is 3.49. The molecule has 0 aliphatic carbocycles. The third kappa shape index (κ3) is 4.64. The van der Waals surface area contributed by atoms with Crippen LogP contribution in [-0.2, 0) is 17.8 Å². The van der Waals surface area contributed by atoms with Crippen LogP contribution in [0.3, 0.4) is 0 Å². The minimum Gasteiger partial charge on any atom is -0.381 e. The van der Waals surface area contributed by atoms with Crippen LogP contribution in [0.25, 0.3) is 0 Å². The van der Waals surface area contributed by atoms with Crippen molar-refractivity contribution in [1.29, 1.82) is 0 Å². The molecule has 0 bridgehead atoms. The zero-order chi connectivity index (χ0) is 18.5. The highest BCUT2D eigenvalue weighted by molar-refractivity contribution is 5.17. The molecule has 2 aromatic heterocycles. The lowest BCUT2D eigenvalue weighted by molar-refractivity contribution is 0.0485. The summed E-state index contributed by atoms with van der Waals surface area (Å²) < 4.78 is 13.2. The SMILES string of the molecule is Cc1noc([C@H](NCc2ccn(Cc3ccccc3)c2)C2CCOCC2)n1. The number of hydrogen-bond donors (Lipinski definition) is 1. The smallest absolute Gasteiger partial charge is 0.244 e. The molecule has 142 valence electrons. The van der Waals surface area contributed by atoms with Crippen molar-refractivity contribution < 1.29 is 9.26 Å². The van der Waals surface area contributed by atoms with E-state index < -0.39 is 0 Å². The van der Waals surface area contributed by atoms with Gasteiger partial charge in [-0.2, -0.15) is 4.98 Å². The summed E-state index contributed by atoms with van der Waals surface area (Å²) in [6.07, 6.45) is 6.34. The van der Waals surface area contributed by atoms with Gasteiger partial charge in [0.25, 0.3) is 0 Å². The van der Waals surface area contributed by atoms with Gasteiger partial charge >= 0.3 is 0 Å². The van der Waals surface area contributed by atoms with E-state index in [4.69, 9.17) is 9.26 Å². The Labute approximate surface area is 159 Å². The highest BCUT2D eigenvalue weighted by Gasteiger charge is 2.29. The molecular weight excluding hydrogens is 340 g/mol. The van der Waals surface area contributed by atoms with Crippen LogP contribution in [0.2, 0.25) is 0 Å². The first-order valence-electron chi connectivity index (χ1n) is 9.58. The standard InChI is InChI=1S/C21H26N4O2/c1-16-23-21(27-24-16)20(19-8-11-26-12-9-19)22-13-18-7-10-25(15-18)14-17-5-3-2-4-6-17/h2-7,10,15,19-20,22H,8-9,11-14H2,1H3/t20-/m1/s1. The van der Waals surface area contributed by atoms with E-state index in [1.54, 1.807) is 0 Å². The van der Waals surface area contributed by atoms with Crippen molar-refractivity contribution in [2.45, 2.75) is 38.9 Å². The van der Waals surface area contributed by atoms with Gasteiger partial charge in [-0.25, -0.2) is 0 Å². The lowest BCUT2D eigenvalue weighted by Crippen LogP contribution is -2.32. The molecule has 4 rings (SSSR count). The van der Waals surface area contributed by atoms with E-state index >= 15 is 0 Å². The minimum atomic E-state index is 0.0626. The largest absolute Gasteiger partial charge is 0.381 e. The summed E-state index contributed by atoms with van der Waals surface area (Å²) in [5.41, 5.74) is 2.55. The second-order valence-electron chi connectivity index (χ2n) is 7.17. The van der Waals surface area contributed by atoms with Crippen LogP contribution in [0.5, 0.6) is 0 Å². The van der Waals surface area contributed by atoms with Crippen LogP contribution in [0, 0.1) is 12.8 Å². The van der Waals surface area contributed by atoms with Crippen LogP contribution in [0.1, 0.15) is 41.7 Å². The Bertz CT molecular complexity index is 837. The van der Waals surface area contributed by atoms with Crippen LogP contribution < -0.4 is 5.32 Å². The van der Waals surface area contributed by atoms with Crippen molar-refractivity contribution in [1.82, 2.24) is 20.0 Å². The quantitative estimate of drug-likeness (QED) is 0.693. The second kappa shape index (κ2) is 8.50. The summed E-state index contributed by atoms with van der Waals surface area (Å²) in [6.45, 7) is 5.10. The maximum absolute atomic E-state index is 5.52. The molecule has 1 atom stereocenters. The van der Waals surface area contributed by atoms with Gasteiger partial charge in [0.2, 0.25) is 5.89 Å². The van der Waals surface area contributed by atoms with Gasteiger partial charge in [-0.05, 0) is 42.9 Å². The summed E-state index contributed by atoms with van der Waals surface area (Å²) in [7, 11) is 0. The number of benzene rings is 1. The summed E-state index contributed by atoms with van der Waals surface area (Å²) in [4.78, 5) is 4.47. The number of nitrogens with zero attached hydrogens (tertiary/aromatic N) is 3. The Morgan fingerprint density at radius 2 is 1.96 bits per heavy atom. The van der Waals surface area contributed by atoms with Gasteiger partial charge in [-0.3, -0.25) is 0 Å². The highest BCUT2D eigenvalue weighted by atomic mass is 16.5. The van der Waals surface area contributed by atoms with Gasteiger partial charge in [0.1, 0.15) is 0 Å². The Balaban J connectivity index is 1.41. The zero-order valence-corrected chi connectivity index (χ0v) is 15.7. The van der Waals surface area contributed by atoms with Crippen molar-refractivity contribution in [3.8, 4) is 0 Å². The van der Waals surface area contributed by atoms with Gasteiger partial charge in [0.05, 0.1) is 6.04 Å². The number of aryl methyl sites for hydroxylation is 1. The van der Waals surface area contributed by atoms with Crippen molar-refractivity contribution in [3.05, 3.63) is 71.6 Å². The van der Waals surface area contributed by atoms with Gasteiger partial charge in [0.15, 0.2) is 5.82 Å². The molecule has 0 spiro atoms. The summed E-state index contributed by atoms with van der Waals surface area (Å²) in [5.74, 6) is 1.81. The topological polar surface area (TPSA) is 65.1 Å². The summed E-state index contributed by atoms with van der Waals surface area (Å²) in [6, 6.07) is 12.7. The number of rotatable bonds is 7. The first kappa shape index (κ1) is 17.9. The lowest BCUT2D eigenvalue weighted by atomic mass is 9.91. The molecule has 1 saturated heterocycles. The fourth-order valence-corrected chi connectivity index (χ4v) is 3.66. The van der Waals surface area contributed by atoms with Crippen LogP contribution >= 0.6 is 0 Å². The molecule has 1 aliphatic heterocycles. The molecule has 6 heteroatoms. The van der Waals surface area contributed by atoms with Crippen LogP contribution in [0.4, 0.5) is 0 Å². The molecular formula is C21H26N4O2. The first-order chi connectivity index (χ1) is 13.3. The summed E-state index contributed by atoms with van der Waals surface area (Å²) in [5, 5.41) is 7.62. The molecule has 0 radical (unpaired) electrons. The molecule has 27 heavy (non-hydrogen) atoms. The maximum atomic E-state index is 5.52. The second-order valence-corrected chi connectivity index (χ2v) is 7.17. The number of aromatic nitrogens is 3. The molecule has 1 aromatic carbocycles. The Morgan fingerprint density at radius 1 is 1.15 bits per heavy atom. The number of hydrogen-bond acceptors (Lipinski definition) is 5. The van der Waals surface area contributed by atoms with Gasteiger partial charge in [-0.15, -0.1) is 0 Å². The third-order valence-electron chi connectivity index (χ3n) is 5.09. The molecule has 3 aromatic rings. The lowest BCUT2D eigenvalue weighted by Gasteiger charge is -2.28. The molecule has 1 fully saturated rings. The van der Waals surface area contributed by atoms with E-state index in [-0.39, 0.29) is 6.04 Å². The molecule has 1 N–H and O–H groups in total. The highest BCUT2D eigenvalue weighted by Crippen LogP contribution is 2.29. The molecule has 3 heterocycles. The molecule has 0 saturated carbocycles. The molecule has 0 unspecified atom stereocenters. The number of ether oxygens (including phenoxy) is 1. The van der Waals surface area contributed by atoms with Gasteiger partial charge < -0.3 is 19.1 Å². The maximum Gasteiger partial charge on any atom is 0.244 e. The molecule has 0 amide bonds. The zero-order valence-electron chi connectivity index (χ0n) is 15.7.